The molecule has 0 unspecified atom stereocenters. The normalized spacial score (nSPS) is 10.8. The predicted octanol–water partition coefficient (Wildman–Crippen LogP) is 4.18. The molecule has 0 aliphatic heterocycles. The monoisotopic (exact) mass is 276 g/mol. The van der Waals surface area contributed by atoms with Crippen LogP contribution in [0.1, 0.15) is 12.7 Å². The number of rotatable bonds is 4. The Morgan fingerprint density at radius 2 is 2.21 bits per heavy atom. The summed E-state index contributed by atoms with van der Waals surface area (Å²) in [6, 6.07) is 11.0. The molecule has 0 atom stereocenters. The van der Waals surface area contributed by atoms with Crippen LogP contribution in [0.3, 0.4) is 0 Å². The summed E-state index contributed by atoms with van der Waals surface area (Å²) in [7, 11) is 0. The molecule has 2 rings (SSSR count). The summed E-state index contributed by atoms with van der Waals surface area (Å²) in [5, 5.41) is 0.650. The molecule has 3 nitrogen and oxygen atoms in total. The third kappa shape index (κ3) is 3.73. The molecule has 4 heteroatoms. The van der Waals surface area contributed by atoms with Crippen LogP contribution in [0.2, 0.25) is 5.02 Å². The zero-order valence-electron chi connectivity index (χ0n) is 10.4. The minimum atomic E-state index is -0.386. The van der Waals surface area contributed by atoms with Crippen LogP contribution in [0.15, 0.2) is 46.9 Å². The lowest BCUT2D eigenvalue weighted by atomic mass is 10.2. The molecule has 0 aliphatic rings. The smallest absolute Gasteiger partial charge is 0.330 e. The van der Waals surface area contributed by atoms with Crippen molar-refractivity contribution in [1.82, 2.24) is 0 Å². The Morgan fingerprint density at radius 1 is 1.37 bits per heavy atom. The van der Waals surface area contributed by atoms with E-state index in [0.29, 0.717) is 23.2 Å². The summed E-state index contributed by atoms with van der Waals surface area (Å²) < 4.78 is 10.4. The molecule has 0 spiro atoms. The summed E-state index contributed by atoms with van der Waals surface area (Å²) in [6.07, 6.45) is 2.91. The first-order valence-corrected chi connectivity index (χ1v) is 6.27. The second-order valence-electron chi connectivity index (χ2n) is 3.80. The number of carbonyl (C=O) groups is 1. The van der Waals surface area contributed by atoms with Crippen LogP contribution in [0.5, 0.6) is 0 Å². The second kappa shape index (κ2) is 6.25. The number of furan rings is 1. The van der Waals surface area contributed by atoms with Gasteiger partial charge in [0.2, 0.25) is 0 Å². The fourth-order valence-corrected chi connectivity index (χ4v) is 1.77. The first-order valence-electron chi connectivity index (χ1n) is 5.89. The Morgan fingerprint density at radius 3 is 2.95 bits per heavy atom. The number of hydrogen-bond acceptors (Lipinski definition) is 3. The third-order valence-corrected chi connectivity index (χ3v) is 2.64. The summed E-state index contributed by atoms with van der Waals surface area (Å²) in [5.74, 6) is 0.900. The number of hydrogen-bond donors (Lipinski definition) is 0. The van der Waals surface area contributed by atoms with Gasteiger partial charge in [-0.3, -0.25) is 0 Å². The average Bonchev–Trinajstić information content (AvgIpc) is 2.85. The van der Waals surface area contributed by atoms with Gasteiger partial charge in [-0.25, -0.2) is 4.79 Å². The molecule has 0 saturated heterocycles. The Hall–Kier alpha value is -2.00. The van der Waals surface area contributed by atoms with Gasteiger partial charge in [-0.05, 0) is 37.3 Å². The molecule has 1 heterocycles. The maximum Gasteiger partial charge on any atom is 0.330 e. The fourth-order valence-electron chi connectivity index (χ4n) is 1.58. The number of halogens is 1. The van der Waals surface area contributed by atoms with Crippen molar-refractivity contribution in [3.8, 4) is 11.3 Å². The van der Waals surface area contributed by atoms with Crippen LogP contribution >= 0.6 is 11.6 Å². The molecule has 0 aliphatic carbocycles. The minimum absolute atomic E-state index is 0.356. The summed E-state index contributed by atoms with van der Waals surface area (Å²) >= 11 is 5.92. The number of carbonyl (C=O) groups excluding carboxylic acids is 1. The summed E-state index contributed by atoms with van der Waals surface area (Å²) in [5.41, 5.74) is 0.892. The van der Waals surface area contributed by atoms with Crippen molar-refractivity contribution >= 4 is 23.6 Å². The molecule has 0 saturated carbocycles. The van der Waals surface area contributed by atoms with Crippen LogP contribution in [0.25, 0.3) is 17.4 Å². The van der Waals surface area contributed by atoms with E-state index in [9.17, 15) is 4.79 Å². The van der Waals surface area contributed by atoms with E-state index >= 15 is 0 Å². The van der Waals surface area contributed by atoms with E-state index < -0.39 is 0 Å². The SMILES string of the molecule is CCOC(=O)/C=C/c1ccc(-c2cccc(Cl)c2)o1. The molecular formula is C15H13ClO3. The van der Waals surface area contributed by atoms with E-state index in [0.717, 1.165) is 5.56 Å². The topological polar surface area (TPSA) is 39.4 Å². The van der Waals surface area contributed by atoms with Crippen molar-refractivity contribution in [3.63, 3.8) is 0 Å². The van der Waals surface area contributed by atoms with Gasteiger partial charge in [-0.1, -0.05) is 23.7 Å². The van der Waals surface area contributed by atoms with E-state index in [1.807, 2.05) is 24.3 Å². The number of benzene rings is 1. The van der Waals surface area contributed by atoms with Crippen LogP contribution in [0, 0.1) is 0 Å². The lowest BCUT2D eigenvalue weighted by Crippen LogP contribution is -1.98. The average molecular weight is 277 g/mol. The van der Waals surface area contributed by atoms with Crippen LogP contribution < -0.4 is 0 Å². The quantitative estimate of drug-likeness (QED) is 0.621. The van der Waals surface area contributed by atoms with Crippen molar-refractivity contribution in [3.05, 3.63) is 53.3 Å². The van der Waals surface area contributed by atoms with Gasteiger partial charge in [0.15, 0.2) is 0 Å². The molecule has 0 fully saturated rings. The van der Waals surface area contributed by atoms with Gasteiger partial charge in [0, 0.05) is 16.7 Å². The highest BCUT2D eigenvalue weighted by Gasteiger charge is 2.04. The van der Waals surface area contributed by atoms with Crippen LogP contribution in [0.4, 0.5) is 0 Å². The van der Waals surface area contributed by atoms with Crippen molar-refractivity contribution in [2.75, 3.05) is 6.61 Å². The first kappa shape index (κ1) is 13.4. The molecule has 19 heavy (non-hydrogen) atoms. The second-order valence-corrected chi connectivity index (χ2v) is 4.23. The Bertz CT molecular complexity index is 599. The third-order valence-electron chi connectivity index (χ3n) is 2.41. The van der Waals surface area contributed by atoms with Crippen molar-refractivity contribution in [2.45, 2.75) is 6.92 Å². The standard InChI is InChI=1S/C15H13ClO3/c1-2-18-15(17)9-7-13-6-8-14(19-13)11-4-3-5-12(16)10-11/h3-10H,2H2,1H3/b9-7+. The molecule has 0 N–H and O–H groups in total. The van der Waals surface area contributed by atoms with Gasteiger partial charge in [0.05, 0.1) is 6.61 Å². The highest BCUT2D eigenvalue weighted by molar-refractivity contribution is 6.30. The van der Waals surface area contributed by atoms with E-state index in [4.69, 9.17) is 20.8 Å². The predicted molar refractivity (Wildman–Crippen MR) is 74.8 cm³/mol. The molecule has 2 aromatic rings. The maximum absolute atomic E-state index is 11.2. The zero-order valence-corrected chi connectivity index (χ0v) is 11.2. The van der Waals surface area contributed by atoms with Crippen molar-refractivity contribution < 1.29 is 13.9 Å². The zero-order chi connectivity index (χ0) is 13.7. The fraction of sp³-hybridized carbons (Fsp3) is 0.133. The van der Waals surface area contributed by atoms with E-state index in [1.165, 1.54) is 6.08 Å². The summed E-state index contributed by atoms with van der Waals surface area (Å²) in [6.45, 7) is 2.12. The Kier molecular flexibility index (Phi) is 4.42. The molecule has 0 radical (unpaired) electrons. The van der Waals surface area contributed by atoms with Crippen molar-refractivity contribution in [2.24, 2.45) is 0 Å². The molecule has 98 valence electrons. The van der Waals surface area contributed by atoms with Crippen LogP contribution in [-0.4, -0.2) is 12.6 Å². The van der Waals surface area contributed by atoms with Crippen molar-refractivity contribution in [1.29, 1.82) is 0 Å². The molecular weight excluding hydrogens is 264 g/mol. The molecule has 0 amide bonds. The molecule has 1 aromatic heterocycles. The van der Waals surface area contributed by atoms with E-state index in [2.05, 4.69) is 0 Å². The van der Waals surface area contributed by atoms with Gasteiger partial charge in [0.25, 0.3) is 0 Å². The van der Waals surface area contributed by atoms with Gasteiger partial charge in [-0.2, -0.15) is 0 Å². The first-order chi connectivity index (χ1) is 9.19. The molecule has 0 bridgehead atoms. The summed E-state index contributed by atoms with van der Waals surface area (Å²) in [4.78, 5) is 11.2. The minimum Gasteiger partial charge on any atom is -0.463 e. The van der Waals surface area contributed by atoms with Gasteiger partial charge in [-0.15, -0.1) is 0 Å². The Balaban J connectivity index is 2.13. The highest BCUT2D eigenvalue weighted by Crippen LogP contribution is 2.25. The van der Waals surface area contributed by atoms with Gasteiger partial charge >= 0.3 is 5.97 Å². The van der Waals surface area contributed by atoms with E-state index in [-0.39, 0.29) is 5.97 Å². The maximum atomic E-state index is 11.2. The number of esters is 1. The number of ether oxygens (including phenoxy) is 1. The van der Waals surface area contributed by atoms with Gasteiger partial charge < -0.3 is 9.15 Å². The molecule has 1 aromatic carbocycles. The lowest BCUT2D eigenvalue weighted by molar-refractivity contribution is -0.137. The lowest BCUT2D eigenvalue weighted by Gasteiger charge is -1.97. The van der Waals surface area contributed by atoms with Gasteiger partial charge in [0.1, 0.15) is 11.5 Å². The highest BCUT2D eigenvalue weighted by atomic mass is 35.5. The van der Waals surface area contributed by atoms with E-state index in [1.54, 1.807) is 25.1 Å². The Labute approximate surface area is 116 Å². The van der Waals surface area contributed by atoms with Crippen LogP contribution in [-0.2, 0) is 9.53 Å². The largest absolute Gasteiger partial charge is 0.463 e.